The van der Waals surface area contributed by atoms with Gasteiger partial charge in [0.25, 0.3) is 5.91 Å². The zero-order chi connectivity index (χ0) is 14.8. The third kappa shape index (κ3) is 3.44. The summed E-state index contributed by atoms with van der Waals surface area (Å²) in [6.45, 7) is 0.175. The monoisotopic (exact) mass is 288 g/mol. The fraction of sp³-hybridized carbons (Fsp3) is 0.583. The summed E-state index contributed by atoms with van der Waals surface area (Å²) in [5, 5.41) is 9.87. The van der Waals surface area contributed by atoms with Gasteiger partial charge in [-0.3, -0.25) is 9.69 Å². The van der Waals surface area contributed by atoms with Crippen LogP contribution >= 0.6 is 0 Å². The van der Waals surface area contributed by atoms with Crippen LogP contribution in [0.2, 0.25) is 0 Å². The lowest BCUT2D eigenvalue weighted by atomic mass is 9.98. The molecule has 20 heavy (non-hydrogen) atoms. The van der Waals surface area contributed by atoms with E-state index in [1.54, 1.807) is 0 Å². The summed E-state index contributed by atoms with van der Waals surface area (Å²) in [6, 6.07) is -0.217. The van der Waals surface area contributed by atoms with E-state index in [0.29, 0.717) is 12.0 Å². The molecule has 0 bridgehead atoms. The van der Waals surface area contributed by atoms with Gasteiger partial charge in [-0.15, -0.1) is 0 Å². The molecule has 1 aromatic rings. The van der Waals surface area contributed by atoms with Crippen LogP contribution in [0, 0.1) is 0 Å². The van der Waals surface area contributed by atoms with Crippen LogP contribution in [-0.2, 0) is 0 Å². The Morgan fingerprint density at radius 1 is 1.40 bits per heavy atom. The first kappa shape index (κ1) is 14.7. The molecular formula is C12H15F3N4O. The number of nitrogens with zero attached hydrogens (tertiary/aromatic N) is 3. The molecule has 0 aromatic carbocycles. The van der Waals surface area contributed by atoms with E-state index in [1.165, 1.54) is 30.4 Å². The van der Waals surface area contributed by atoms with Gasteiger partial charge in [0.05, 0.1) is 18.0 Å². The van der Waals surface area contributed by atoms with Crippen molar-refractivity contribution < 1.29 is 18.0 Å². The van der Waals surface area contributed by atoms with E-state index >= 15 is 0 Å². The minimum absolute atomic E-state index is 0.0143. The van der Waals surface area contributed by atoms with Gasteiger partial charge >= 0.3 is 6.18 Å². The summed E-state index contributed by atoms with van der Waals surface area (Å²) in [5.74, 6) is -0.344. The first-order chi connectivity index (χ1) is 9.38. The van der Waals surface area contributed by atoms with Crippen molar-refractivity contribution in [3.63, 3.8) is 0 Å². The molecule has 2 atom stereocenters. The molecule has 1 aliphatic rings. The van der Waals surface area contributed by atoms with E-state index in [0.717, 1.165) is 0 Å². The van der Waals surface area contributed by atoms with Crippen LogP contribution in [0.15, 0.2) is 18.5 Å². The highest BCUT2D eigenvalue weighted by atomic mass is 19.4. The van der Waals surface area contributed by atoms with Gasteiger partial charge in [0.2, 0.25) is 0 Å². The van der Waals surface area contributed by atoms with Crippen LogP contribution in [0.5, 0.6) is 0 Å². The number of hydrogen-bond acceptors (Lipinski definition) is 4. The number of amides is 1. The van der Waals surface area contributed by atoms with E-state index in [2.05, 4.69) is 15.5 Å². The first-order valence-electron chi connectivity index (χ1n) is 6.22. The molecule has 0 aliphatic carbocycles. The highest BCUT2D eigenvalue weighted by Gasteiger charge is 2.44. The molecule has 1 aromatic heterocycles. The molecule has 1 saturated heterocycles. The van der Waals surface area contributed by atoms with E-state index in [9.17, 15) is 18.0 Å². The highest BCUT2D eigenvalue weighted by molar-refractivity contribution is 5.93. The molecule has 1 amide bonds. The quantitative estimate of drug-likeness (QED) is 0.889. The van der Waals surface area contributed by atoms with Gasteiger partial charge in [-0.1, -0.05) is 0 Å². The van der Waals surface area contributed by atoms with E-state index in [-0.39, 0.29) is 24.9 Å². The van der Waals surface area contributed by atoms with E-state index in [4.69, 9.17) is 0 Å². The number of hydrogen-bond donors (Lipinski definition) is 1. The van der Waals surface area contributed by atoms with Gasteiger partial charge in [-0.05, 0) is 26.0 Å². The molecule has 0 radical (unpaired) electrons. The van der Waals surface area contributed by atoms with Crippen LogP contribution in [0.3, 0.4) is 0 Å². The van der Waals surface area contributed by atoms with Crippen molar-refractivity contribution in [2.24, 2.45) is 0 Å². The number of halogens is 3. The predicted molar refractivity (Wildman–Crippen MR) is 65.0 cm³/mol. The molecule has 8 heteroatoms. The second-order valence-electron chi connectivity index (χ2n) is 4.88. The minimum atomic E-state index is -4.22. The Hall–Kier alpha value is -1.70. The van der Waals surface area contributed by atoms with Crippen LogP contribution < -0.4 is 5.32 Å². The van der Waals surface area contributed by atoms with Crippen molar-refractivity contribution in [2.45, 2.75) is 31.1 Å². The number of likely N-dealkylation sites (tertiary alicyclic amines) is 1. The number of carbonyl (C=O) groups is 1. The summed E-state index contributed by atoms with van der Waals surface area (Å²) in [7, 11) is 1.42. The molecule has 1 N–H and O–H groups in total. The molecule has 0 spiro atoms. The maximum absolute atomic E-state index is 12.7. The topological polar surface area (TPSA) is 58.1 Å². The Morgan fingerprint density at radius 2 is 2.15 bits per heavy atom. The molecule has 0 unspecified atom stereocenters. The molecule has 5 nitrogen and oxygen atoms in total. The third-order valence-corrected chi connectivity index (χ3v) is 3.39. The van der Waals surface area contributed by atoms with Crippen molar-refractivity contribution in [1.29, 1.82) is 0 Å². The fourth-order valence-electron chi connectivity index (χ4n) is 2.37. The SMILES string of the molecule is CN1C[C@H](NC(=O)c2ccnnc2)CC[C@H]1C(F)(F)F. The fourth-order valence-corrected chi connectivity index (χ4v) is 2.37. The molecule has 2 rings (SSSR count). The normalized spacial score (nSPS) is 24.4. The average Bonchev–Trinajstić information content (AvgIpc) is 2.38. The summed E-state index contributed by atoms with van der Waals surface area (Å²) in [4.78, 5) is 13.1. The van der Waals surface area contributed by atoms with Crippen molar-refractivity contribution in [3.05, 3.63) is 24.0 Å². The molecular weight excluding hydrogens is 273 g/mol. The van der Waals surface area contributed by atoms with Crippen molar-refractivity contribution in [2.75, 3.05) is 13.6 Å². The van der Waals surface area contributed by atoms with Crippen molar-refractivity contribution in [3.8, 4) is 0 Å². The third-order valence-electron chi connectivity index (χ3n) is 3.39. The summed E-state index contributed by atoms with van der Waals surface area (Å²) in [5.41, 5.74) is 0.348. The number of rotatable bonds is 2. The number of likely N-dealkylation sites (N-methyl/N-ethyl adjacent to an activating group) is 1. The van der Waals surface area contributed by atoms with Gasteiger partial charge in [0.15, 0.2) is 0 Å². The average molecular weight is 288 g/mol. The Kier molecular flexibility index (Phi) is 4.22. The zero-order valence-corrected chi connectivity index (χ0v) is 10.9. The van der Waals surface area contributed by atoms with Gasteiger partial charge in [0, 0.05) is 12.6 Å². The molecule has 2 heterocycles. The maximum atomic E-state index is 12.7. The predicted octanol–water partition coefficient (Wildman–Crippen LogP) is 1.23. The van der Waals surface area contributed by atoms with Gasteiger partial charge in [-0.2, -0.15) is 23.4 Å². The van der Waals surface area contributed by atoms with Gasteiger partial charge < -0.3 is 5.32 Å². The Bertz CT molecular complexity index is 466. The second-order valence-corrected chi connectivity index (χ2v) is 4.88. The van der Waals surface area contributed by atoms with Crippen LogP contribution in [0.25, 0.3) is 0 Å². The lowest BCUT2D eigenvalue weighted by molar-refractivity contribution is -0.188. The Labute approximate surface area is 114 Å². The minimum Gasteiger partial charge on any atom is -0.348 e. The first-order valence-corrected chi connectivity index (χ1v) is 6.22. The van der Waals surface area contributed by atoms with Gasteiger partial charge in [-0.25, -0.2) is 0 Å². The van der Waals surface area contributed by atoms with Crippen molar-refractivity contribution >= 4 is 5.91 Å². The lowest BCUT2D eigenvalue weighted by Gasteiger charge is -2.38. The number of alkyl halides is 3. The zero-order valence-electron chi connectivity index (χ0n) is 10.9. The number of aromatic nitrogens is 2. The van der Waals surface area contributed by atoms with Crippen LogP contribution in [-0.4, -0.2) is 52.9 Å². The smallest absolute Gasteiger partial charge is 0.348 e. The maximum Gasteiger partial charge on any atom is 0.404 e. The number of piperidine rings is 1. The summed E-state index contributed by atoms with van der Waals surface area (Å²) < 4.78 is 38.1. The van der Waals surface area contributed by atoms with E-state index in [1.807, 2.05) is 0 Å². The summed E-state index contributed by atoms with van der Waals surface area (Å²) in [6.07, 6.45) is -1.22. The molecule has 110 valence electrons. The van der Waals surface area contributed by atoms with E-state index < -0.39 is 12.2 Å². The Balaban J connectivity index is 1.92. The van der Waals surface area contributed by atoms with Gasteiger partial charge in [0.1, 0.15) is 6.04 Å². The van der Waals surface area contributed by atoms with Crippen LogP contribution in [0.1, 0.15) is 23.2 Å². The number of carbonyl (C=O) groups excluding carboxylic acids is 1. The largest absolute Gasteiger partial charge is 0.404 e. The van der Waals surface area contributed by atoms with Crippen molar-refractivity contribution in [1.82, 2.24) is 20.4 Å². The lowest BCUT2D eigenvalue weighted by Crippen LogP contribution is -2.54. The summed E-state index contributed by atoms with van der Waals surface area (Å²) >= 11 is 0. The molecule has 1 aliphatic heterocycles. The highest BCUT2D eigenvalue weighted by Crippen LogP contribution is 2.30. The van der Waals surface area contributed by atoms with Crippen LogP contribution in [0.4, 0.5) is 13.2 Å². The molecule has 0 saturated carbocycles. The second kappa shape index (κ2) is 5.74. The standard InChI is InChI=1S/C12H15F3N4O/c1-19-7-9(2-3-10(19)12(13,14)15)18-11(20)8-4-5-16-17-6-8/h4-6,9-10H,2-3,7H2,1H3,(H,18,20)/t9-,10+/m1/s1. The number of nitrogens with one attached hydrogen (secondary N) is 1. The Morgan fingerprint density at radius 3 is 2.70 bits per heavy atom. The molecule has 1 fully saturated rings.